The Bertz CT molecular complexity index is 380. The van der Waals surface area contributed by atoms with Crippen LogP contribution in [0, 0.1) is 0 Å². The van der Waals surface area contributed by atoms with E-state index in [1.165, 1.54) is 5.56 Å². The quantitative estimate of drug-likeness (QED) is 0.695. The van der Waals surface area contributed by atoms with Gasteiger partial charge in [0.2, 0.25) is 0 Å². The van der Waals surface area contributed by atoms with Gasteiger partial charge in [0, 0.05) is 6.20 Å². The topological polar surface area (TPSA) is 12.9 Å². The third kappa shape index (κ3) is 4.31. The van der Waals surface area contributed by atoms with Gasteiger partial charge < -0.3 is 0 Å². The first-order valence-corrected chi connectivity index (χ1v) is 9.42. The number of hydrogen-bond donors (Lipinski definition) is 0. The van der Waals surface area contributed by atoms with Crippen LogP contribution in [0.2, 0.25) is 19.6 Å². The van der Waals surface area contributed by atoms with Gasteiger partial charge in [-0.05, 0) is 29.2 Å². The van der Waals surface area contributed by atoms with Crippen LogP contribution in [0.5, 0.6) is 0 Å². The molecule has 0 aliphatic heterocycles. The molecule has 0 amide bonds. The molecule has 0 N–H and O–H groups in total. The molecule has 0 saturated carbocycles. The molecular weight excluding hydrogens is 210 g/mol. The van der Waals surface area contributed by atoms with Gasteiger partial charge in [-0.25, -0.2) is 0 Å². The molecule has 0 bridgehead atoms. The van der Waals surface area contributed by atoms with E-state index in [0.29, 0.717) is 0 Å². The fourth-order valence-corrected chi connectivity index (χ4v) is 2.01. The maximum absolute atomic E-state index is 4.39. The van der Waals surface area contributed by atoms with Gasteiger partial charge in [0.15, 0.2) is 0 Å². The number of nitrogens with zero attached hydrogens (tertiary/aromatic N) is 1. The van der Waals surface area contributed by atoms with E-state index in [0.717, 1.165) is 5.69 Å². The predicted molar refractivity (Wildman–Crippen MR) is 75.3 cm³/mol. The van der Waals surface area contributed by atoms with Crippen LogP contribution in [0.15, 0.2) is 24.0 Å². The Labute approximate surface area is 101 Å². The molecule has 16 heavy (non-hydrogen) atoms. The van der Waals surface area contributed by atoms with E-state index in [1.807, 2.05) is 6.20 Å². The van der Waals surface area contributed by atoms with Crippen LogP contribution in [0.25, 0.3) is 6.08 Å². The number of rotatable bonds is 2. The minimum atomic E-state index is -1.12. The Kier molecular flexibility index (Phi) is 3.74. The Morgan fingerprint density at radius 1 is 1.19 bits per heavy atom. The summed E-state index contributed by atoms with van der Waals surface area (Å²) in [6, 6.07) is 4.29. The summed E-state index contributed by atoms with van der Waals surface area (Å²) in [4.78, 5) is 4.39. The lowest BCUT2D eigenvalue weighted by molar-refractivity contribution is 0.589. The zero-order valence-corrected chi connectivity index (χ0v) is 12.3. The summed E-state index contributed by atoms with van der Waals surface area (Å²) in [6.45, 7) is 13.7. The molecule has 0 radical (unpaired) electrons. The average Bonchev–Trinajstić information content (AvgIpc) is 2.13. The van der Waals surface area contributed by atoms with Gasteiger partial charge in [-0.1, -0.05) is 46.1 Å². The molecule has 0 unspecified atom stereocenters. The van der Waals surface area contributed by atoms with Gasteiger partial charge in [0.1, 0.15) is 0 Å². The van der Waals surface area contributed by atoms with Crippen LogP contribution < -0.4 is 0 Å². The van der Waals surface area contributed by atoms with Crippen molar-refractivity contribution in [1.29, 1.82) is 0 Å². The Hall–Kier alpha value is -0.893. The maximum atomic E-state index is 4.39. The van der Waals surface area contributed by atoms with Crippen LogP contribution in [0.1, 0.15) is 32.0 Å². The number of hydrogen-bond acceptors (Lipinski definition) is 1. The van der Waals surface area contributed by atoms with Crippen molar-refractivity contribution < 1.29 is 0 Å². The summed E-state index contributed by atoms with van der Waals surface area (Å²) >= 11 is 0. The van der Waals surface area contributed by atoms with Crippen molar-refractivity contribution in [2.24, 2.45) is 0 Å². The first-order chi connectivity index (χ1) is 7.18. The summed E-state index contributed by atoms with van der Waals surface area (Å²) in [7, 11) is -1.12. The molecule has 0 aromatic carbocycles. The fourth-order valence-electron chi connectivity index (χ4n) is 1.34. The summed E-state index contributed by atoms with van der Waals surface area (Å²) in [5, 5.41) is 0. The Balaban J connectivity index is 2.96. The zero-order chi connectivity index (χ0) is 12.4. The Morgan fingerprint density at radius 2 is 1.81 bits per heavy atom. The van der Waals surface area contributed by atoms with Crippen molar-refractivity contribution in [2.75, 3.05) is 0 Å². The monoisotopic (exact) mass is 233 g/mol. The Morgan fingerprint density at radius 3 is 2.31 bits per heavy atom. The summed E-state index contributed by atoms with van der Waals surface area (Å²) in [5.41, 5.74) is 4.96. The van der Waals surface area contributed by atoms with Gasteiger partial charge in [0.25, 0.3) is 0 Å². The molecule has 0 fully saturated rings. The van der Waals surface area contributed by atoms with Crippen LogP contribution >= 0.6 is 0 Å². The molecule has 1 aromatic rings. The molecule has 1 nitrogen and oxygen atoms in total. The summed E-state index contributed by atoms with van der Waals surface area (Å²) < 4.78 is 0. The standard InChI is InChI=1S/C14H23NSi/c1-14(2,3)12-7-9-15-13(11-12)8-10-16(4,5)6/h7-11H,1-6H3/b10-8+. The van der Waals surface area contributed by atoms with Crippen LogP contribution in [-0.2, 0) is 5.41 Å². The maximum Gasteiger partial charge on any atom is 0.0688 e. The van der Waals surface area contributed by atoms with Crippen molar-refractivity contribution >= 4 is 14.1 Å². The average molecular weight is 233 g/mol. The van der Waals surface area contributed by atoms with Crippen LogP contribution in [-0.4, -0.2) is 13.1 Å². The minimum absolute atomic E-state index is 0.199. The second kappa shape index (κ2) is 4.54. The number of aromatic nitrogens is 1. The second-order valence-electron chi connectivity index (χ2n) is 6.42. The molecule has 0 saturated heterocycles. The second-order valence-corrected chi connectivity index (χ2v) is 11.5. The van der Waals surface area contributed by atoms with Gasteiger partial charge in [-0.15, -0.1) is 0 Å². The molecule has 88 valence electrons. The smallest absolute Gasteiger partial charge is 0.0688 e. The van der Waals surface area contributed by atoms with E-state index in [4.69, 9.17) is 0 Å². The normalized spacial score (nSPS) is 13.4. The van der Waals surface area contributed by atoms with Crippen molar-refractivity contribution in [3.63, 3.8) is 0 Å². The van der Waals surface area contributed by atoms with Crippen molar-refractivity contribution in [1.82, 2.24) is 4.98 Å². The summed E-state index contributed by atoms with van der Waals surface area (Å²) in [5.74, 6) is 0. The first kappa shape index (κ1) is 13.2. The third-order valence-electron chi connectivity index (χ3n) is 2.40. The molecule has 0 aliphatic rings. The zero-order valence-electron chi connectivity index (χ0n) is 11.3. The van der Waals surface area contributed by atoms with E-state index >= 15 is 0 Å². The van der Waals surface area contributed by atoms with Crippen molar-refractivity contribution in [2.45, 2.75) is 45.8 Å². The molecular formula is C14H23NSi. The van der Waals surface area contributed by atoms with Crippen molar-refractivity contribution in [3.8, 4) is 0 Å². The van der Waals surface area contributed by atoms with Gasteiger partial charge in [-0.3, -0.25) is 4.98 Å². The minimum Gasteiger partial charge on any atom is -0.257 e. The first-order valence-electron chi connectivity index (χ1n) is 5.84. The van der Waals surface area contributed by atoms with Gasteiger partial charge >= 0.3 is 0 Å². The fraction of sp³-hybridized carbons (Fsp3) is 0.500. The third-order valence-corrected chi connectivity index (χ3v) is 3.57. The van der Waals surface area contributed by atoms with Gasteiger partial charge in [-0.2, -0.15) is 0 Å². The highest BCUT2D eigenvalue weighted by molar-refractivity contribution is 6.81. The molecule has 0 spiro atoms. The van der Waals surface area contributed by atoms with Crippen LogP contribution in [0.3, 0.4) is 0 Å². The molecule has 0 atom stereocenters. The molecule has 2 heteroatoms. The predicted octanol–water partition coefficient (Wildman–Crippen LogP) is 4.27. The lowest BCUT2D eigenvalue weighted by Gasteiger charge is -2.19. The van der Waals surface area contributed by atoms with E-state index in [-0.39, 0.29) is 5.41 Å². The molecule has 0 aliphatic carbocycles. The SMILES string of the molecule is CC(C)(C)c1ccnc(/C=C/[Si](C)(C)C)c1. The van der Waals surface area contributed by atoms with E-state index in [1.54, 1.807) is 0 Å². The van der Waals surface area contributed by atoms with E-state index in [9.17, 15) is 0 Å². The largest absolute Gasteiger partial charge is 0.257 e. The van der Waals surface area contributed by atoms with Crippen LogP contribution in [0.4, 0.5) is 0 Å². The van der Waals surface area contributed by atoms with Gasteiger partial charge in [0.05, 0.1) is 13.8 Å². The molecule has 1 aromatic heterocycles. The highest BCUT2D eigenvalue weighted by Crippen LogP contribution is 2.22. The highest BCUT2D eigenvalue weighted by atomic mass is 28.3. The van der Waals surface area contributed by atoms with E-state index in [2.05, 4.69) is 69.3 Å². The number of pyridine rings is 1. The van der Waals surface area contributed by atoms with Crippen molar-refractivity contribution in [3.05, 3.63) is 35.3 Å². The summed E-state index contributed by atoms with van der Waals surface area (Å²) in [6.07, 6.45) is 4.08. The lowest BCUT2D eigenvalue weighted by Crippen LogP contribution is -2.15. The highest BCUT2D eigenvalue weighted by Gasteiger charge is 2.13. The molecule has 1 rings (SSSR count). The van der Waals surface area contributed by atoms with E-state index < -0.39 is 8.07 Å². The lowest BCUT2D eigenvalue weighted by atomic mass is 9.87. The molecule has 1 heterocycles.